The Morgan fingerprint density at radius 3 is 2.19 bits per heavy atom. The summed E-state index contributed by atoms with van der Waals surface area (Å²) in [6.07, 6.45) is 0. The smallest absolute Gasteiger partial charge is 0.332 e. The van der Waals surface area contributed by atoms with Crippen LogP contribution in [0.2, 0.25) is 5.02 Å². The molecule has 1 aliphatic heterocycles. The van der Waals surface area contributed by atoms with Crippen LogP contribution in [0.25, 0.3) is 11.2 Å². The van der Waals surface area contributed by atoms with Crippen molar-refractivity contribution in [1.29, 1.82) is 0 Å². The van der Waals surface area contributed by atoms with E-state index in [0.717, 1.165) is 15.7 Å². The second kappa shape index (κ2) is 9.31. The first-order valence-corrected chi connectivity index (χ1v) is 12.1. The molecule has 0 unspecified atom stereocenters. The zero-order chi connectivity index (χ0) is 25.6. The molecule has 0 aliphatic carbocycles. The number of hydrogen-bond donors (Lipinski definition) is 0. The predicted molar refractivity (Wildman–Crippen MR) is 140 cm³/mol. The van der Waals surface area contributed by atoms with Gasteiger partial charge in [-0.05, 0) is 36.8 Å². The van der Waals surface area contributed by atoms with Gasteiger partial charge in [0, 0.05) is 50.9 Å². The third-order valence-corrected chi connectivity index (χ3v) is 6.98. The fourth-order valence-corrected chi connectivity index (χ4v) is 4.71. The molecule has 2 aromatic carbocycles. The highest BCUT2D eigenvalue weighted by Gasteiger charge is 2.27. The molecule has 1 amide bonds. The number of hydrogen-bond acceptors (Lipinski definition) is 5. The van der Waals surface area contributed by atoms with Crippen molar-refractivity contribution >= 4 is 34.6 Å². The summed E-state index contributed by atoms with van der Waals surface area (Å²) in [5.41, 5.74) is 2.70. The van der Waals surface area contributed by atoms with Crippen LogP contribution in [0, 0.1) is 6.92 Å². The number of carbonyl (C=O) groups is 1. The highest BCUT2D eigenvalue weighted by atomic mass is 35.5. The van der Waals surface area contributed by atoms with E-state index in [2.05, 4.69) is 4.90 Å². The Hall–Kier alpha value is -3.85. The van der Waals surface area contributed by atoms with E-state index in [1.165, 1.54) is 11.6 Å². The number of rotatable bonds is 4. The van der Waals surface area contributed by atoms with E-state index in [4.69, 9.17) is 16.6 Å². The minimum Gasteiger partial charge on any atom is -0.339 e. The molecule has 5 rings (SSSR count). The number of aromatic nitrogens is 4. The van der Waals surface area contributed by atoms with Gasteiger partial charge in [-0.1, -0.05) is 41.4 Å². The van der Waals surface area contributed by atoms with E-state index in [1.807, 2.05) is 40.7 Å². The lowest BCUT2D eigenvalue weighted by Gasteiger charge is -2.35. The van der Waals surface area contributed by atoms with E-state index in [1.54, 1.807) is 31.3 Å². The Kier molecular flexibility index (Phi) is 6.17. The van der Waals surface area contributed by atoms with Crippen LogP contribution in [0.1, 0.15) is 21.5 Å². The maximum atomic E-state index is 13.2. The van der Waals surface area contributed by atoms with Crippen molar-refractivity contribution in [3.8, 4) is 0 Å². The Morgan fingerprint density at radius 2 is 1.56 bits per heavy atom. The second-order valence-corrected chi connectivity index (χ2v) is 9.58. The highest BCUT2D eigenvalue weighted by Crippen LogP contribution is 2.23. The van der Waals surface area contributed by atoms with Crippen LogP contribution in [0.5, 0.6) is 0 Å². The van der Waals surface area contributed by atoms with Gasteiger partial charge in [0.05, 0.1) is 6.54 Å². The molecule has 0 N–H and O–H groups in total. The number of amides is 1. The largest absolute Gasteiger partial charge is 0.339 e. The topological polar surface area (TPSA) is 85.4 Å². The van der Waals surface area contributed by atoms with Gasteiger partial charge in [-0.2, -0.15) is 4.98 Å². The molecule has 1 fully saturated rings. The first kappa shape index (κ1) is 23.9. The van der Waals surface area contributed by atoms with Gasteiger partial charge >= 0.3 is 5.69 Å². The minimum absolute atomic E-state index is 0.0456. The van der Waals surface area contributed by atoms with E-state index in [9.17, 15) is 14.4 Å². The normalized spacial score (nSPS) is 14.0. The minimum atomic E-state index is -0.419. The van der Waals surface area contributed by atoms with E-state index in [-0.39, 0.29) is 11.5 Å². The lowest BCUT2D eigenvalue weighted by molar-refractivity contribution is 0.0746. The molecule has 0 bridgehead atoms. The number of nitrogens with zero attached hydrogens (tertiary/aromatic N) is 6. The van der Waals surface area contributed by atoms with Gasteiger partial charge in [0.1, 0.15) is 0 Å². The molecule has 9 nitrogen and oxygen atoms in total. The average Bonchev–Trinajstić information content (AvgIpc) is 3.27. The second-order valence-electron chi connectivity index (χ2n) is 9.15. The number of benzene rings is 2. The summed E-state index contributed by atoms with van der Waals surface area (Å²) in [5.74, 6) is 0.568. The first-order valence-electron chi connectivity index (χ1n) is 11.8. The van der Waals surface area contributed by atoms with Gasteiger partial charge in [0.2, 0.25) is 5.95 Å². The lowest BCUT2D eigenvalue weighted by Crippen LogP contribution is -2.49. The molecule has 1 aliphatic rings. The molecule has 186 valence electrons. The monoisotopic (exact) mass is 506 g/mol. The van der Waals surface area contributed by atoms with Crippen molar-refractivity contribution in [3.05, 3.63) is 91.1 Å². The maximum absolute atomic E-state index is 13.2. The summed E-state index contributed by atoms with van der Waals surface area (Å²) < 4.78 is 4.41. The molecular weight excluding hydrogens is 480 g/mol. The first-order chi connectivity index (χ1) is 17.2. The van der Waals surface area contributed by atoms with Crippen LogP contribution < -0.4 is 16.1 Å². The van der Waals surface area contributed by atoms with Gasteiger partial charge in [-0.3, -0.25) is 23.3 Å². The maximum Gasteiger partial charge on any atom is 0.332 e. The SMILES string of the molecule is Cc1ccc(Cn2c(N3CCN(C(=O)c4ccc(Cl)cc4)CC3)nc3c2c(=O)n(C)c(=O)n3C)cc1. The Balaban J connectivity index is 1.50. The van der Waals surface area contributed by atoms with Crippen LogP contribution in [0.4, 0.5) is 5.95 Å². The third kappa shape index (κ3) is 4.19. The summed E-state index contributed by atoms with van der Waals surface area (Å²) in [5, 5.41) is 0.587. The molecule has 10 heteroatoms. The van der Waals surface area contributed by atoms with Crippen molar-refractivity contribution in [2.24, 2.45) is 14.1 Å². The lowest BCUT2D eigenvalue weighted by atomic mass is 10.1. The zero-order valence-corrected chi connectivity index (χ0v) is 21.2. The van der Waals surface area contributed by atoms with Crippen molar-refractivity contribution < 1.29 is 4.79 Å². The summed E-state index contributed by atoms with van der Waals surface area (Å²) in [6, 6.07) is 15.0. The quantitative estimate of drug-likeness (QED) is 0.424. The van der Waals surface area contributed by atoms with Gasteiger partial charge in [-0.15, -0.1) is 0 Å². The van der Waals surface area contributed by atoms with Gasteiger partial charge < -0.3 is 9.80 Å². The van der Waals surface area contributed by atoms with Crippen molar-refractivity contribution in [1.82, 2.24) is 23.6 Å². The van der Waals surface area contributed by atoms with Gasteiger partial charge in [0.25, 0.3) is 11.5 Å². The fraction of sp³-hybridized carbons (Fsp3) is 0.308. The van der Waals surface area contributed by atoms with E-state index >= 15 is 0 Å². The molecule has 2 aromatic heterocycles. The summed E-state index contributed by atoms with van der Waals surface area (Å²) in [7, 11) is 3.11. The summed E-state index contributed by atoms with van der Waals surface area (Å²) in [6.45, 7) is 4.57. The molecule has 0 spiro atoms. The standard InChI is InChI=1S/C26H27ClN6O3/c1-17-4-6-18(7-5-17)16-33-21-22(29(2)26(36)30(3)24(21)35)28-25(33)32-14-12-31(13-15-32)23(34)19-8-10-20(27)11-9-19/h4-11H,12-16H2,1-3H3. The Bertz CT molecular complexity index is 1560. The third-order valence-electron chi connectivity index (χ3n) is 6.73. The molecule has 36 heavy (non-hydrogen) atoms. The molecule has 0 radical (unpaired) electrons. The molecule has 1 saturated heterocycles. The number of halogens is 1. The summed E-state index contributed by atoms with van der Waals surface area (Å²) >= 11 is 5.96. The van der Waals surface area contributed by atoms with Crippen molar-refractivity contribution in [2.45, 2.75) is 13.5 Å². The molecule has 0 saturated carbocycles. The van der Waals surface area contributed by atoms with Crippen molar-refractivity contribution in [2.75, 3.05) is 31.1 Å². The number of carbonyl (C=O) groups excluding carboxylic acids is 1. The summed E-state index contributed by atoms with van der Waals surface area (Å²) in [4.78, 5) is 47.4. The number of piperazine rings is 1. The van der Waals surface area contributed by atoms with E-state index in [0.29, 0.717) is 60.4 Å². The van der Waals surface area contributed by atoms with Crippen LogP contribution in [-0.2, 0) is 20.6 Å². The predicted octanol–water partition coefficient (Wildman–Crippen LogP) is 2.41. The van der Waals surface area contributed by atoms with Crippen LogP contribution in [0.3, 0.4) is 0 Å². The Morgan fingerprint density at radius 1 is 0.917 bits per heavy atom. The van der Waals surface area contributed by atoms with Crippen LogP contribution >= 0.6 is 11.6 Å². The van der Waals surface area contributed by atoms with Crippen LogP contribution in [-0.4, -0.2) is 55.7 Å². The van der Waals surface area contributed by atoms with Crippen LogP contribution in [0.15, 0.2) is 58.1 Å². The number of anilines is 1. The number of aryl methyl sites for hydroxylation is 2. The van der Waals surface area contributed by atoms with Crippen molar-refractivity contribution in [3.63, 3.8) is 0 Å². The van der Waals surface area contributed by atoms with Gasteiger partial charge in [-0.25, -0.2) is 4.79 Å². The average molecular weight is 507 g/mol. The molecule has 4 aromatic rings. The van der Waals surface area contributed by atoms with Gasteiger partial charge in [0.15, 0.2) is 11.2 Å². The molecule has 3 heterocycles. The fourth-order valence-electron chi connectivity index (χ4n) is 4.59. The molecular formula is C26H27ClN6O3. The Labute approximate surface area is 212 Å². The number of fused-ring (bicyclic) bond motifs is 1. The zero-order valence-electron chi connectivity index (χ0n) is 20.4. The molecule has 0 atom stereocenters. The highest BCUT2D eigenvalue weighted by molar-refractivity contribution is 6.30. The number of imidazole rings is 1. The van der Waals surface area contributed by atoms with E-state index < -0.39 is 5.69 Å².